The van der Waals surface area contributed by atoms with E-state index >= 15 is 0 Å². The Morgan fingerprint density at radius 2 is 1.84 bits per heavy atom. The summed E-state index contributed by atoms with van der Waals surface area (Å²) in [5, 5.41) is 5.33. The van der Waals surface area contributed by atoms with E-state index in [0.717, 1.165) is 4.88 Å². The van der Waals surface area contributed by atoms with Gasteiger partial charge in [0.15, 0.2) is 0 Å². The first-order chi connectivity index (χ1) is 15.5. The van der Waals surface area contributed by atoms with Crippen LogP contribution in [0.5, 0.6) is 5.75 Å². The zero-order valence-corrected chi connectivity index (χ0v) is 19.3. The van der Waals surface area contributed by atoms with Crippen LogP contribution >= 0.6 is 11.3 Å². The number of nitrogens with one attached hydrogen (secondary N) is 1. The number of nitrogens with zero attached hydrogens (tertiary/aromatic N) is 1. The van der Waals surface area contributed by atoms with Crippen molar-refractivity contribution in [1.82, 2.24) is 5.32 Å². The molecule has 0 unspecified atom stereocenters. The van der Waals surface area contributed by atoms with Gasteiger partial charge in [-0.05, 0) is 56.0 Å². The van der Waals surface area contributed by atoms with Gasteiger partial charge in [0.05, 0.1) is 36.8 Å². The van der Waals surface area contributed by atoms with Crippen LogP contribution < -0.4 is 15.0 Å². The van der Waals surface area contributed by atoms with Crippen molar-refractivity contribution in [2.45, 2.75) is 45.2 Å². The standard InChI is InChI=1S/C24H28N2O5S/c1-4-13-24(23(29)31-6-3)19-18(20(25-24)17-8-7-14-32-17)21(27)26(22(19)28)15-9-11-16(12-10-15)30-5-2/h7-12,14,18-20,25H,4-6,13H2,1-3H3/t18-,19-,20-,24+/m0/s1. The minimum Gasteiger partial charge on any atom is -0.494 e. The number of carbonyl (C=O) groups excluding carboxylic acids is 3. The van der Waals surface area contributed by atoms with Gasteiger partial charge in [0.25, 0.3) is 0 Å². The van der Waals surface area contributed by atoms with Crippen LogP contribution in [0.2, 0.25) is 0 Å². The Bertz CT molecular complexity index is 990. The van der Waals surface area contributed by atoms with Crippen molar-refractivity contribution in [3.8, 4) is 5.75 Å². The van der Waals surface area contributed by atoms with Crippen LogP contribution in [0.1, 0.15) is 44.5 Å². The van der Waals surface area contributed by atoms with E-state index in [1.807, 2.05) is 31.4 Å². The van der Waals surface area contributed by atoms with E-state index in [2.05, 4.69) is 5.32 Å². The Kier molecular flexibility index (Phi) is 6.35. The summed E-state index contributed by atoms with van der Waals surface area (Å²) in [5.41, 5.74) is -0.756. The van der Waals surface area contributed by atoms with Crippen molar-refractivity contribution in [2.24, 2.45) is 11.8 Å². The summed E-state index contributed by atoms with van der Waals surface area (Å²) >= 11 is 1.51. The van der Waals surface area contributed by atoms with Crippen molar-refractivity contribution in [3.63, 3.8) is 0 Å². The highest BCUT2D eigenvalue weighted by atomic mass is 32.1. The number of hydrogen-bond donors (Lipinski definition) is 1. The molecule has 4 atom stereocenters. The molecule has 32 heavy (non-hydrogen) atoms. The highest BCUT2D eigenvalue weighted by Crippen LogP contribution is 2.52. The summed E-state index contributed by atoms with van der Waals surface area (Å²) in [5.74, 6) is -1.96. The third-order valence-electron chi connectivity index (χ3n) is 6.19. The molecule has 7 nitrogen and oxygen atoms in total. The fraction of sp³-hybridized carbons (Fsp3) is 0.458. The molecule has 0 aliphatic carbocycles. The molecule has 8 heteroatoms. The van der Waals surface area contributed by atoms with E-state index in [-0.39, 0.29) is 18.4 Å². The van der Waals surface area contributed by atoms with Gasteiger partial charge in [0.2, 0.25) is 11.8 Å². The summed E-state index contributed by atoms with van der Waals surface area (Å²) in [6, 6.07) is 10.3. The van der Waals surface area contributed by atoms with E-state index < -0.39 is 29.4 Å². The van der Waals surface area contributed by atoms with Crippen LogP contribution in [0, 0.1) is 11.8 Å². The summed E-state index contributed by atoms with van der Waals surface area (Å²) < 4.78 is 10.9. The van der Waals surface area contributed by atoms with Crippen LogP contribution in [0.15, 0.2) is 41.8 Å². The van der Waals surface area contributed by atoms with E-state index in [4.69, 9.17) is 9.47 Å². The molecule has 0 saturated carbocycles. The second-order valence-corrected chi connectivity index (χ2v) is 9.00. The van der Waals surface area contributed by atoms with Gasteiger partial charge in [-0.2, -0.15) is 0 Å². The highest BCUT2D eigenvalue weighted by molar-refractivity contribution is 7.10. The number of rotatable bonds is 8. The Labute approximate surface area is 191 Å². The molecular weight excluding hydrogens is 428 g/mol. The monoisotopic (exact) mass is 456 g/mol. The quantitative estimate of drug-likeness (QED) is 0.482. The SMILES string of the molecule is CCC[C@@]1(C(=O)OCC)N[C@@H](c2cccs2)[C@H]2C(=O)N(c3ccc(OCC)cc3)C(=O)[C@H]21. The van der Waals surface area contributed by atoms with Crippen LogP contribution in [0.4, 0.5) is 5.69 Å². The molecule has 1 aromatic heterocycles. The fourth-order valence-corrected chi connectivity index (χ4v) is 5.82. The average Bonchev–Trinajstić information content (AvgIpc) is 3.47. The van der Waals surface area contributed by atoms with Crippen molar-refractivity contribution >= 4 is 34.8 Å². The lowest BCUT2D eigenvalue weighted by Crippen LogP contribution is -2.56. The van der Waals surface area contributed by atoms with Crippen LogP contribution in [0.25, 0.3) is 0 Å². The van der Waals surface area contributed by atoms with E-state index in [0.29, 0.717) is 30.9 Å². The van der Waals surface area contributed by atoms with Crippen LogP contribution in [-0.4, -0.2) is 36.5 Å². The zero-order valence-electron chi connectivity index (χ0n) is 18.5. The third kappa shape index (κ3) is 3.51. The summed E-state index contributed by atoms with van der Waals surface area (Å²) in [6.07, 6.45) is 1.07. The molecule has 2 aromatic rings. The lowest BCUT2D eigenvalue weighted by Gasteiger charge is -2.32. The summed E-state index contributed by atoms with van der Waals surface area (Å²) in [4.78, 5) is 42.8. The Morgan fingerprint density at radius 1 is 1.09 bits per heavy atom. The number of hydrogen-bond acceptors (Lipinski definition) is 7. The van der Waals surface area contributed by atoms with E-state index in [1.54, 1.807) is 31.2 Å². The Hall–Kier alpha value is -2.71. The van der Waals surface area contributed by atoms with Gasteiger partial charge in [-0.1, -0.05) is 19.4 Å². The topological polar surface area (TPSA) is 84.9 Å². The largest absolute Gasteiger partial charge is 0.494 e. The Morgan fingerprint density at radius 3 is 2.44 bits per heavy atom. The predicted molar refractivity (Wildman–Crippen MR) is 122 cm³/mol. The van der Waals surface area contributed by atoms with Crippen molar-refractivity contribution in [3.05, 3.63) is 46.7 Å². The number of amides is 2. The van der Waals surface area contributed by atoms with Crippen molar-refractivity contribution in [2.75, 3.05) is 18.1 Å². The molecule has 2 aliphatic rings. The second-order valence-electron chi connectivity index (χ2n) is 8.02. The minimum absolute atomic E-state index is 0.206. The van der Waals surface area contributed by atoms with Gasteiger partial charge in [-0.25, -0.2) is 4.90 Å². The van der Waals surface area contributed by atoms with Gasteiger partial charge in [-0.3, -0.25) is 19.7 Å². The van der Waals surface area contributed by atoms with E-state index in [9.17, 15) is 14.4 Å². The van der Waals surface area contributed by atoms with Gasteiger partial charge < -0.3 is 9.47 Å². The predicted octanol–water partition coefficient (Wildman–Crippen LogP) is 3.70. The smallest absolute Gasteiger partial charge is 0.327 e. The molecule has 3 heterocycles. The molecule has 4 rings (SSSR count). The maximum Gasteiger partial charge on any atom is 0.327 e. The third-order valence-corrected chi connectivity index (χ3v) is 7.15. The van der Waals surface area contributed by atoms with Crippen LogP contribution in [0.3, 0.4) is 0 Å². The number of benzene rings is 1. The van der Waals surface area contributed by atoms with Gasteiger partial charge >= 0.3 is 5.97 Å². The molecular formula is C24H28N2O5S. The molecule has 0 radical (unpaired) electrons. The number of anilines is 1. The number of ether oxygens (including phenoxy) is 2. The maximum atomic E-state index is 13.8. The lowest BCUT2D eigenvalue weighted by atomic mass is 9.77. The lowest BCUT2D eigenvalue weighted by molar-refractivity contribution is -0.155. The van der Waals surface area contributed by atoms with Gasteiger partial charge in [0.1, 0.15) is 11.3 Å². The second kappa shape index (κ2) is 9.03. The number of esters is 1. The van der Waals surface area contributed by atoms with Crippen molar-refractivity contribution in [1.29, 1.82) is 0 Å². The number of carbonyl (C=O) groups is 3. The normalized spacial score (nSPS) is 27.0. The Balaban J connectivity index is 1.79. The number of thiophene rings is 1. The zero-order chi connectivity index (χ0) is 22.9. The molecule has 170 valence electrons. The molecule has 2 fully saturated rings. The number of imide groups is 1. The molecule has 1 N–H and O–H groups in total. The first-order valence-corrected chi connectivity index (χ1v) is 11.9. The molecule has 2 amide bonds. The van der Waals surface area contributed by atoms with Crippen LogP contribution in [-0.2, 0) is 19.1 Å². The average molecular weight is 457 g/mol. The molecule has 0 bridgehead atoms. The summed E-state index contributed by atoms with van der Waals surface area (Å²) in [6.45, 7) is 6.33. The highest BCUT2D eigenvalue weighted by Gasteiger charge is 2.68. The number of fused-ring (bicyclic) bond motifs is 1. The maximum absolute atomic E-state index is 13.8. The summed E-state index contributed by atoms with van der Waals surface area (Å²) in [7, 11) is 0. The first-order valence-electron chi connectivity index (χ1n) is 11.1. The van der Waals surface area contributed by atoms with Crippen molar-refractivity contribution < 1.29 is 23.9 Å². The molecule has 0 spiro atoms. The molecule has 2 aliphatic heterocycles. The molecule has 1 aromatic carbocycles. The van der Waals surface area contributed by atoms with E-state index in [1.165, 1.54) is 16.2 Å². The van der Waals surface area contributed by atoms with Gasteiger partial charge in [-0.15, -0.1) is 11.3 Å². The fourth-order valence-electron chi connectivity index (χ4n) is 5.00. The molecule has 2 saturated heterocycles. The first kappa shape index (κ1) is 22.5. The van der Waals surface area contributed by atoms with Gasteiger partial charge in [0, 0.05) is 4.88 Å². The minimum atomic E-state index is -1.24.